The van der Waals surface area contributed by atoms with Crippen LogP contribution in [0, 0.1) is 12.8 Å². The zero-order valence-corrected chi connectivity index (χ0v) is 13.0. The van der Waals surface area contributed by atoms with Crippen LogP contribution in [0.25, 0.3) is 0 Å². The van der Waals surface area contributed by atoms with Crippen molar-refractivity contribution < 1.29 is 4.79 Å². The number of rotatable bonds is 5. The van der Waals surface area contributed by atoms with E-state index in [1.807, 2.05) is 37.3 Å². The van der Waals surface area contributed by atoms with Crippen molar-refractivity contribution in [1.29, 1.82) is 0 Å². The van der Waals surface area contributed by atoms with Gasteiger partial charge in [-0.15, -0.1) is 11.3 Å². The molecule has 0 aliphatic rings. The first-order chi connectivity index (χ1) is 9.56. The third kappa shape index (κ3) is 3.90. The average molecular weight is 288 g/mol. The molecule has 0 unspecified atom stereocenters. The monoisotopic (exact) mass is 288 g/mol. The highest BCUT2D eigenvalue weighted by Crippen LogP contribution is 2.20. The van der Waals surface area contributed by atoms with Gasteiger partial charge >= 0.3 is 0 Å². The van der Waals surface area contributed by atoms with Crippen molar-refractivity contribution in [2.24, 2.45) is 5.92 Å². The van der Waals surface area contributed by atoms with Gasteiger partial charge in [0.15, 0.2) is 0 Å². The molecule has 0 atom stereocenters. The maximum absolute atomic E-state index is 12.2. The molecule has 0 bridgehead atoms. The van der Waals surface area contributed by atoms with Crippen LogP contribution in [-0.2, 0) is 13.0 Å². The van der Waals surface area contributed by atoms with Gasteiger partial charge in [-0.25, -0.2) is 4.98 Å². The van der Waals surface area contributed by atoms with Crippen LogP contribution in [0.2, 0.25) is 0 Å². The van der Waals surface area contributed by atoms with Crippen LogP contribution in [0.4, 0.5) is 0 Å². The average Bonchev–Trinajstić information content (AvgIpc) is 2.77. The minimum absolute atomic E-state index is 0.0288. The summed E-state index contributed by atoms with van der Waals surface area (Å²) < 4.78 is 0. The van der Waals surface area contributed by atoms with E-state index >= 15 is 0 Å². The van der Waals surface area contributed by atoms with Gasteiger partial charge in [0.05, 0.1) is 10.7 Å². The van der Waals surface area contributed by atoms with E-state index in [4.69, 9.17) is 0 Å². The van der Waals surface area contributed by atoms with Gasteiger partial charge in [-0.3, -0.25) is 4.79 Å². The summed E-state index contributed by atoms with van der Waals surface area (Å²) in [6.07, 6.45) is 0.928. The number of aryl methyl sites for hydroxylation is 1. The predicted octanol–water partition coefficient (Wildman–Crippen LogP) is 3.58. The van der Waals surface area contributed by atoms with Crippen LogP contribution in [0.15, 0.2) is 30.3 Å². The number of carbonyl (C=O) groups is 1. The normalized spacial score (nSPS) is 10.8. The lowest BCUT2D eigenvalue weighted by Gasteiger charge is -2.03. The topological polar surface area (TPSA) is 42.0 Å². The minimum atomic E-state index is -0.0288. The maximum atomic E-state index is 12.2. The number of hydrogen-bond donors (Lipinski definition) is 1. The number of thiazole rings is 1. The summed E-state index contributed by atoms with van der Waals surface area (Å²) in [5.74, 6) is 0.527. The van der Waals surface area contributed by atoms with E-state index in [0.717, 1.165) is 27.6 Å². The number of nitrogens with zero attached hydrogens (tertiary/aromatic N) is 1. The molecule has 0 saturated heterocycles. The second kappa shape index (κ2) is 6.66. The Morgan fingerprint density at radius 1 is 1.30 bits per heavy atom. The van der Waals surface area contributed by atoms with Gasteiger partial charge in [0.1, 0.15) is 4.88 Å². The highest BCUT2D eigenvalue weighted by Gasteiger charge is 2.15. The molecular formula is C16H20N2OS. The van der Waals surface area contributed by atoms with Gasteiger partial charge in [-0.1, -0.05) is 44.2 Å². The van der Waals surface area contributed by atoms with Crippen LogP contribution in [0.3, 0.4) is 0 Å². The fourth-order valence-electron chi connectivity index (χ4n) is 1.96. The first-order valence-electron chi connectivity index (χ1n) is 6.84. The molecule has 1 aromatic carbocycles. The summed E-state index contributed by atoms with van der Waals surface area (Å²) >= 11 is 1.51. The second-order valence-electron chi connectivity index (χ2n) is 5.29. The summed E-state index contributed by atoms with van der Waals surface area (Å²) in [7, 11) is 0. The molecule has 1 heterocycles. The van der Waals surface area contributed by atoms with Gasteiger partial charge in [0.2, 0.25) is 0 Å². The maximum Gasteiger partial charge on any atom is 0.263 e. The first kappa shape index (κ1) is 14.7. The zero-order chi connectivity index (χ0) is 14.5. The molecule has 0 aliphatic carbocycles. The van der Waals surface area contributed by atoms with E-state index in [2.05, 4.69) is 24.1 Å². The number of amides is 1. The second-order valence-corrected chi connectivity index (χ2v) is 6.37. The van der Waals surface area contributed by atoms with Gasteiger partial charge in [-0.05, 0) is 18.4 Å². The van der Waals surface area contributed by atoms with E-state index < -0.39 is 0 Å². The van der Waals surface area contributed by atoms with Gasteiger partial charge in [0.25, 0.3) is 5.91 Å². The number of nitrogens with one attached hydrogen (secondary N) is 1. The first-order valence-corrected chi connectivity index (χ1v) is 7.66. The van der Waals surface area contributed by atoms with Crippen LogP contribution >= 0.6 is 11.3 Å². The molecule has 2 aromatic rings. The summed E-state index contributed by atoms with van der Waals surface area (Å²) in [4.78, 5) is 17.4. The third-order valence-corrected chi connectivity index (χ3v) is 4.10. The summed E-state index contributed by atoms with van der Waals surface area (Å²) in [6.45, 7) is 6.77. The van der Waals surface area contributed by atoms with E-state index in [1.165, 1.54) is 11.3 Å². The highest BCUT2D eigenvalue weighted by atomic mass is 32.1. The Hall–Kier alpha value is -1.68. The van der Waals surface area contributed by atoms with Gasteiger partial charge < -0.3 is 5.32 Å². The molecule has 106 valence electrons. The van der Waals surface area contributed by atoms with E-state index in [0.29, 0.717) is 12.5 Å². The highest BCUT2D eigenvalue weighted by molar-refractivity contribution is 7.13. The van der Waals surface area contributed by atoms with Gasteiger partial charge in [0, 0.05) is 13.0 Å². The van der Waals surface area contributed by atoms with E-state index in [1.54, 1.807) is 0 Å². The molecule has 4 heteroatoms. The lowest BCUT2D eigenvalue weighted by Crippen LogP contribution is -2.22. The fraction of sp³-hybridized carbons (Fsp3) is 0.375. The Labute approximate surface area is 124 Å². The van der Waals surface area contributed by atoms with Crippen molar-refractivity contribution in [2.45, 2.75) is 33.7 Å². The number of aromatic nitrogens is 1. The van der Waals surface area contributed by atoms with Crippen molar-refractivity contribution in [3.63, 3.8) is 0 Å². The Balaban J connectivity index is 2.00. The minimum Gasteiger partial charge on any atom is -0.347 e. The number of hydrogen-bond acceptors (Lipinski definition) is 3. The molecule has 0 spiro atoms. The Morgan fingerprint density at radius 2 is 2.00 bits per heavy atom. The molecule has 0 fully saturated rings. The molecule has 2 rings (SSSR count). The van der Waals surface area contributed by atoms with Crippen molar-refractivity contribution in [2.75, 3.05) is 0 Å². The molecule has 1 N–H and O–H groups in total. The van der Waals surface area contributed by atoms with Crippen LogP contribution in [0.1, 0.15) is 39.8 Å². The van der Waals surface area contributed by atoms with Gasteiger partial charge in [-0.2, -0.15) is 0 Å². The molecule has 20 heavy (non-hydrogen) atoms. The van der Waals surface area contributed by atoms with Crippen molar-refractivity contribution in [3.8, 4) is 0 Å². The Kier molecular flexibility index (Phi) is 4.90. The predicted molar refractivity (Wildman–Crippen MR) is 83.0 cm³/mol. The quantitative estimate of drug-likeness (QED) is 0.913. The zero-order valence-electron chi connectivity index (χ0n) is 12.1. The largest absolute Gasteiger partial charge is 0.347 e. The standard InChI is InChI=1S/C16H20N2OS/c1-11(2)9-14-18-12(3)15(20-14)16(19)17-10-13-7-5-4-6-8-13/h4-8,11H,9-10H2,1-3H3,(H,17,19). The molecule has 3 nitrogen and oxygen atoms in total. The fourth-order valence-corrected chi connectivity index (χ4v) is 3.15. The van der Waals surface area contributed by atoms with Crippen LogP contribution in [-0.4, -0.2) is 10.9 Å². The van der Waals surface area contributed by atoms with Crippen LogP contribution in [0.5, 0.6) is 0 Å². The summed E-state index contributed by atoms with van der Waals surface area (Å²) in [5.41, 5.74) is 1.93. The Bertz CT molecular complexity index is 575. The molecule has 0 aliphatic heterocycles. The molecule has 1 aromatic heterocycles. The van der Waals surface area contributed by atoms with Crippen molar-refractivity contribution >= 4 is 17.2 Å². The van der Waals surface area contributed by atoms with E-state index in [9.17, 15) is 4.79 Å². The smallest absolute Gasteiger partial charge is 0.263 e. The number of carbonyl (C=O) groups excluding carboxylic acids is 1. The number of benzene rings is 1. The van der Waals surface area contributed by atoms with Crippen molar-refractivity contribution in [3.05, 3.63) is 51.5 Å². The molecular weight excluding hydrogens is 268 g/mol. The van der Waals surface area contributed by atoms with E-state index in [-0.39, 0.29) is 5.91 Å². The van der Waals surface area contributed by atoms with Crippen LogP contribution < -0.4 is 5.32 Å². The lowest BCUT2D eigenvalue weighted by molar-refractivity contribution is 0.0954. The molecule has 0 saturated carbocycles. The molecule has 1 amide bonds. The molecule has 0 radical (unpaired) electrons. The Morgan fingerprint density at radius 3 is 2.65 bits per heavy atom. The summed E-state index contributed by atoms with van der Waals surface area (Å²) in [6, 6.07) is 9.92. The SMILES string of the molecule is Cc1nc(CC(C)C)sc1C(=O)NCc1ccccc1. The van der Waals surface area contributed by atoms with Crippen molar-refractivity contribution in [1.82, 2.24) is 10.3 Å². The third-order valence-electron chi connectivity index (χ3n) is 2.93. The summed E-state index contributed by atoms with van der Waals surface area (Å²) in [5, 5.41) is 4.00. The lowest BCUT2D eigenvalue weighted by atomic mass is 10.1.